The van der Waals surface area contributed by atoms with Gasteiger partial charge in [-0.25, -0.2) is 4.79 Å². The lowest BCUT2D eigenvalue weighted by molar-refractivity contribution is -0.120. The zero-order chi connectivity index (χ0) is 20.6. The fourth-order valence-electron chi connectivity index (χ4n) is 3.99. The zero-order valence-corrected chi connectivity index (χ0v) is 17.2. The van der Waals surface area contributed by atoms with Gasteiger partial charge >= 0.3 is 6.09 Å². The third kappa shape index (κ3) is 5.04. The maximum atomic E-state index is 12.4. The Labute approximate surface area is 172 Å². The summed E-state index contributed by atoms with van der Waals surface area (Å²) in [5.74, 6) is 0.0621. The highest BCUT2D eigenvalue weighted by Gasteiger charge is 2.29. The van der Waals surface area contributed by atoms with Crippen molar-refractivity contribution in [2.45, 2.75) is 44.6 Å². The number of ketones is 1. The van der Waals surface area contributed by atoms with E-state index in [1.54, 1.807) is 0 Å². The van der Waals surface area contributed by atoms with E-state index >= 15 is 0 Å². The van der Waals surface area contributed by atoms with Crippen LogP contribution in [-0.2, 0) is 9.53 Å². The summed E-state index contributed by atoms with van der Waals surface area (Å²) in [6, 6.07) is 16.0. The summed E-state index contributed by atoms with van der Waals surface area (Å²) in [5.41, 5.74) is 4.74. The van der Waals surface area contributed by atoms with Crippen molar-refractivity contribution in [2.24, 2.45) is 0 Å². The van der Waals surface area contributed by atoms with E-state index in [0.29, 0.717) is 12.8 Å². The normalized spacial score (nSPS) is 13.4. The molecule has 154 valence electrons. The minimum Gasteiger partial charge on any atom is -0.449 e. The summed E-state index contributed by atoms with van der Waals surface area (Å²) >= 11 is 0. The van der Waals surface area contributed by atoms with Crippen LogP contribution in [0.2, 0.25) is 0 Å². The number of fused-ring (bicyclic) bond motifs is 3. The maximum Gasteiger partial charge on any atom is 0.407 e. The number of hydrogen-bond acceptors (Lipinski definition) is 4. The molecule has 29 heavy (non-hydrogen) atoms. The van der Waals surface area contributed by atoms with Crippen molar-refractivity contribution < 1.29 is 14.3 Å². The van der Waals surface area contributed by atoms with Gasteiger partial charge in [0.25, 0.3) is 0 Å². The minimum absolute atomic E-state index is 0.0177. The molecule has 0 heterocycles. The summed E-state index contributed by atoms with van der Waals surface area (Å²) in [6.45, 7) is 2.98. The number of benzene rings is 2. The lowest BCUT2D eigenvalue weighted by atomic mass is 9.98. The molecule has 0 aliphatic heterocycles. The molecular formula is C24H30N2O3. The van der Waals surface area contributed by atoms with E-state index in [0.717, 1.165) is 19.4 Å². The Morgan fingerprint density at radius 2 is 1.62 bits per heavy atom. The van der Waals surface area contributed by atoms with Gasteiger partial charge in [0.1, 0.15) is 6.61 Å². The van der Waals surface area contributed by atoms with Crippen LogP contribution in [0.3, 0.4) is 0 Å². The van der Waals surface area contributed by atoms with E-state index < -0.39 is 12.1 Å². The molecular weight excluding hydrogens is 364 g/mol. The van der Waals surface area contributed by atoms with Crippen LogP contribution in [0.5, 0.6) is 0 Å². The molecule has 2 N–H and O–H groups in total. The Hall–Kier alpha value is -2.66. The number of nitrogens with one attached hydrogen (secondary N) is 2. The lowest BCUT2D eigenvalue weighted by Crippen LogP contribution is -2.41. The summed E-state index contributed by atoms with van der Waals surface area (Å²) in [4.78, 5) is 24.7. The molecule has 0 fully saturated rings. The fourth-order valence-corrected chi connectivity index (χ4v) is 3.99. The van der Waals surface area contributed by atoms with Gasteiger partial charge < -0.3 is 15.4 Å². The second-order valence-electron chi connectivity index (χ2n) is 7.44. The molecule has 5 heteroatoms. The standard InChI is InChI=1S/C24H30N2O3/c1-3-23(27)22(14-8-9-15-25-2)26-24(28)29-16-21-19-12-6-4-10-17(19)18-11-5-7-13-20(18)21/h4-7,10-13,21-22,25H,3,8-9,14-16H2,1-2H3,(H,26,28). The first-order chi connectivity index (χ1) is 14.2. The van der Waals surface area contributed by atoms with Crippen LogP contribution in [-0.4, -0.2) is 38.1 Å². The lowest BCUT2D eigenvalue weighted by Gasteiger charge is -2.19. The van der Waals surface area contributed by atoms with Crippen LogP contribution in [0, 0.1) is 0 Å². The average Bonchev–Trinajstić information content (AvgIpc) is 3.07. The topological polar surface area (TPSA) is 67.4 Å². The van der Waals surface area contributed by atoms with E-state index in [2.05, 4.69) is 34.9 Å². The predicted octanol–water partition coefficient (Wildman–Crippen LogP) is 4.26. The highest BCUT2D eigenvalue weighted by Crippen LogP contribution is 2.44. The molecule has 1 aliphatic carbocycles. The molecule has 1 amide bonds. The highest BCUT2D eigenvalue weighted by atomic mass is 16.5. The first kappa shape index (κ1) is 21.1. The zero-order valence-electron chi connectivity index (χ0n) is 17.2. The molecule has 0 saturated carbocycles. The van der Waals surface area contributed by atoms with Crippen LogP contribution in [0.1, 0.15) is 49.7 Å². The van der Waals surface area contributed by atoms with Crippen LogP contribution in [0.25, 0.3) is 11.1 Å². The monoisotopic (exact) mass is 394 g/mol. The molecule has 1 aliphatic rings. The Balaban J connectivity index is 1.61. The van der Waals surface area contributed by atoms with Gasteiger partial charge in [-0.3, -0.25) is 4.79 Å². The van der Waals surface area contributed by atoms with Crippen molar-refractivity contribution in [2.75, 3.05) is 20.2 Å². The van der Waals surface area contributed by atoms with Gasteiger partial charge in [-0.2, -0.15) is 0 Å². The van der Waals surface area contributed by atoms with Gasteiger partial charge in [0.05, 0.1) is 6.04 Å². The Bertz CT molecular complexity index is 804. The quantitative estimate of drug-likeness (QED) is 0.591. The van der Waals surface area contributed by atoms with Crippen LogP contribution in [0.4, 0.5) is 4.79 Å². The largest absolute Gasteiger partial charge is 0.449 e. The number of rotatable bonds is 10. The number of carbonyl (C=O) groups excluding carboxylic acids is 2. The second-order valence-corrected chi connectivity index (χ2v) is 7.44. The number of alkyl carbamates (subject to hydrolysis) is 1. The summed E-state index contributed by atoms with van der Waals surface area (Å²) in [5, 5.41) is 5.88. The SMILES string of the molecule is CCC(=O)C(CCCCNC)NC(=O)OCC1c2ccccc2-c2ccccc21. The maximum absolute atomic E-state index is 12.4. The first-order valence-electron chi connectivity index (χ1n) is 10.4. The molecule has 0 spiro atoms. The van der Waals surface area contributed by atoms with Crippen molar-refractivity contribution in [1.29, 1.82) is 0 Å². The summed E-state index contributed by atoms with van der Waals surface area (Å²) < 4.78 is 5.58. The molecule has 0 radical (unpaired) electrons. The van der Waals surface area contributed by atoms with Crippen molar-refractivity contribution >= 4 is 11.9 Å². The van der Waals surface area contributed by atoms with Crippen LogP contribution in [0.15, 0.2) is 48.5 Å². The van der Waals surface area contributed by atoms with Crippen LogP contribution >= 0.6 is 0 Å². The molecule has 1 atom stereocenters. The summed E-state index contributed by atoms with van der Waals surface area (Å²) in [6.07, 6.45) is 2.36. The smallest absolute Gasteiger partial charge is 0.407 e. The molecule has 2 aromatic rings. The van der Waals surface area contributed by atoms with Crippen molar-refractivity contribution in [1.82, 2.24) is 10.6 Å². The first-order valence-corrected chi connectivity index (χ1v) is 10.4. The van der Waals surface area contributed by atoms with E-state index in [9.17, 15) is 9.59 Å². The van der Waals surface area contributed by atoms with E-state index in [4.69, 9.17) is 4.74 Å². The van der Waals surface area contributed by atoms with Crippen molar-refractivity contribution in [3.05, 3.63) is 59.7 Å². The van der Waals surface area contributed by atoms with Gasteiger partial charge in [0.15, 0.2) is 5.78 Å². The Morgan fingerprint density at radius 1 is 1.00 bits per heavy atom. The van der Waals surface area contributed by atoms with Crippen LogP contribution < -0.4 is 10.6 Å². The third-order valence-corrected chi connectivity index (χ3v) is 5.54. The van der Waals surface area contributed by atoms with E-state index in [1.807, 2.05) is 38.2 Å². The number of ether oxygens (including phenoxy) is 1. The molecule has 0 aromatic heterocycles. The minimum atomic E-state index is -0.521. The summed E-state index contributed by atoms with van der Waals surface area (Å²) in [7, 11) is 1.91. The number of hydrogen-bond donors (Lipinski definition) is 2. The van der Waals surface area contributed by atoms with Crippen molar-refractivity contribution in [3.63, 3.8) is 0 Å². The molecule has 2 aromatic carbocycles. The number of amides is 1. The Kier molecular flexibility index (Phi) is 7.42. The highest BCUT2D eigenvalue weighted by molar-refractivity contribution is 5.87. The van der Waals surface area contributed by atoms with Gasteiger partial charge in [0, 0.05) is 12.3 Å². The molecule has 0 bridgehead atoms. The predicted molar refractivity (Wildman–Crippen MR) is 115 cm³/mol. The van der Waals surface area contributed by atoms with E-state index in [1.165, 1.54) is 22.3 Å². The van der Waals surface area contributed by atoms with Gasteiger partial charge in [0.2, 0.25) is 0 Å². The fraction of sp³-hybridized carbons (Fsp3) is 0.417. The van der Waals surface area contributed by atoms with Gasteiger partial charge in [-0.1, -0.05) is 55.5 Å². The number of Topliss-reactive ketones (excluding diaryl/α,β-unsaturated/α-hetero) is 1. The Morgan fingerprint density at radius 3 is 2.21 bits per heavy atom. The molecule has 3 rings (SSSR count). The molecule has 0 saturated heterocycles. The van der Waals surface area contributed by atoms with E-state index in [-0.39, 0.29) is 18.3 Å². The second kappa shape index (κ2) is 10.2. The van der Waals surface area contributed by atoms with Gasteiger partial charge in [-0.05, 0) is 55.1 Å². The third-order valence-electron chi connectivity index (χ3n) is 5.54. The van der Waals surface area contributed by atoms with Gasteiger partial charge in [-0.15, -0.1) is 0 Å². The number of carbonyl (C=O) groups is 2. The average molecular weight is 395 g/mol. The number of unbranched alkanes of at least 4 members (excludes halogenated alkanes) is 1. The van der Waals surface area contributed by atoms with Crippen molar-refractivity contribution in [3.8, 4) is 11.1 Å². The molecule has 5 nitrogen and oxygen atoms in total. The molecule has 1 unspecified atom stereocenters.